The number of aliphatic hydroxyl groups excluding tert-OH is 1. The van der Waals surface area contributed by atoms with Crippen LogP contribution in [-0.2, 0) is 0 Å². The van der Waals surface area contributed by atoms with Gasteiger partial charge >= 0.3 is 0 Å². The van der Waals surface area contributed by atoms with Crippen molar-refractivity contribution in [2.24, 2.45) is 0 Å². The number of halogens is 1. The van der Waals surface area contributed by atoms with Gasteiger partial charge in [0.1, 0.15) is 18.5 Å². The first-order valence-electron chi connectivity index (χ1n) is 8.58. The van der Waals surface area contributed by atoms with E-state index in [1.54, 1.807) is 24.3 Å². The van der Waals surface area contributed by atoms with E-state index in [2.05, 4.69) is 12.2 Å². The molecule has 0 radical (unpaired) electrons. The molecule has 0 aliphatic heterocycles. The van der Waals surface area contributed by atoms with E-state index in [0.717, 1.165) is 18.5 Å². The van der Waals surface area contributed by atoms with E-state index in [0.29, 0.717) is 17.9 Å². The molecule has 4 nitrogen and oxygen atoms in total. The number of allylic oxidation sites excluding steroid dienone is 1. The number of benzene rings is 2. The average Bonchev–Trinajstić information content (AvgIpc) is 2.66. The Morgan fingerprint density at radius 2 is 1.85 bits per heavy atom. The molecule has 2 rings (SSSR count). The molecule has 0 saturated carbocycles. The number of nitrogens with one attached hydrogen (secondary N) is 1. The first kappa shape index (κ1) is 21.9. The van der Waals surface area contributed by atoms with Gasteiger partial charge in [-0.25, -0.2) is 0 Å². The van der Waals surface area contributed by atoms with Gasteiger partial charge in [-0.2, -0.15) is 0 Å². The Morgan fingerprint density at radius 1 is 1.15 bits per heavy atom. The molecule has 0 aromatic heterocycles. The lowest BCUT2D eigenvalue weighted by Crippen LogP contribution is -2.32. The zero-order chi connectivity index (χ0) is 17.9. The summed E-state index contributed by atoms with van der Waals surface area (Å²) < 4.78 is 5.66. The van der Waals surface area contributed by atoms with Gasteiger partial charge in [-0.05, 0) is 36.7 Å². The topological polar surface area (TPSA) is 58.6 Å². The third kappa shape index (κ3) is 7.40. The first-order valence-corrected chi connectivity index (χ1v) is 8.58. The van der Waals surface area contributed by atoms with Crippen LogP contribution in [0.4, 0.5) is 0 Å². The Kier molecular flexibility index (Phi) is 10.3. The third-order valence-electron chi connectivity index (χ3n) is 3.62. The van der Waals surface area contributed by atoms with E-state index < -0.39 is 6.10 Å². The number of para-hydroxylation sites is 1. The Labute approximate surface area is 161 Å². The number of carbonyl (C=O) groups is 1. The van der Waals surface area contributed by atoms with Crippen LogP contribution in [0, 0.1) is 0 Å². The van der Waals surface area contributed by atoms with Gasteiger partial charge in [0.25, 0.3) is 0 Å². The molecule has 2 N–H and O–H groups in total. The second-order valence-corrected chi connectivity index (χ2v) is 5.77. The Bertz CT molecular complexity index is 689. The van der Waals surface area contributed by atoms with E-state index in [4.69, 9.17) is 4.74 Å². The maximum atomic E-state index is 12.5. The number of carbonyl (C=O) groups excluding carboxylic acids is 1. The maximum absolute atomic E-state index is 12.5. The molecule has 5 heteroatoms. The fourth-order valence-corrected chi connectivity index (χ4v) is 2.31. The standard InChI is InChI=1S/C21H25NO3.ClH/c1-2-14-22-15-18(23)16-25-21-11-7-6-10-19(21)20(24)13-12-17-8-4-3-5-9-17;/h3-13,18,22-23H,2,14-16H2,1H3;1H/b13-12+;. The average molecular weight is 376 g/mol. The molecular formula is C21H26ClNO3. The van der Waals surface area contributed by atoms with Crippen molar-refractivity contribution in [3.05, 3.63) is 71.8 Å². The monoisotopic (exact) mass is 375 g/mol. The summed E-state index contributed by atoms with van der Waals surface area (Å²) in [4.78, 5) is 12.5. The molecule has 26 heavy (non-hydrogen) atoms. The lowest BCUT2D eigenvalue weighted by Gasteiger charge is -2.14. The van der Waals surface area contributed by atoms with Crippen LogP contribution in [0.15, 0.2) is 60.7 Å². The molecule has 0 aliphatic rings. The van der Waals surface area contributed by atoms with Crippen molar-refractivity contribution in [1.29, 1.82) is 0 Å². The van der Waals surface area contributed by atoms with Crippen molar-refractivity contribution in [2.75, 3.05) is 19.7 Å². The molecular weight excluding hydrogens is 350 g/mol. The zero-order valence-corrected chi connectivity index (χ0v) is 15.7. The number of aliphatic hydroxyl groups is 1. The highest BCUT2D eigenvalue weighted by Crippen LogP contribution is 2.19. The van der Waals surface area contributed by atoms with E-state index in [9.17, 15) is 9.90 Å². The van der Waals surface area contributed by atoms with Gasteiger partial charge in [-0.1, -0.05) is 55.5 Å². The minimum absolute atomic E-state index is 0. The van der Waals surface area contributed by atoms with Crippen LogP contribution in [0.25, 0.3) is 6.08 Å². The van der Waals surface area contributed by atoms with Crippen molar-refractivity contribution in [3.8, 4) is 5.75 Å². The fourth-order valence-electron chi connectivity index (χ4n) is 2.31. The molecule has 0 saturated heterocycles. The molecule has 0 aliphatic carbocycles. The molecule has 0 fully saturated rings. The smallest absolute Gasteiger partial charge is 0.189 e. The summed E-state index contributed by atoms with van der Waals surface area (Å²) in [5.41, 5.74) is 1.45. The normalized spacial score (nSPS) is 11.8. The second kappa shape index (κ2) is 12.3. The molecule has 2 aromatic carbocycles. The van der Waals surface area contributed by atoms with E-state index in [-0.39, 0.29) is 24.8 Å². The van der Waals surface area contributed by atoms with Crippen LogP contribution in [-0.4, -0.2) is 36.7 Å². The van der Waals surface area contributed by atoms with Gasteiger partial charge in [-0.3, -0.25) is 4.79 Å². The van der Waals surface area contributed by atoms with Crippen molar-refractivity contribution >= 4 is 24.3 Å². The quantitative estimate of drug-likeness (QED) is 0.377. The number of hydrogen-bond acceptors (Lipinski definition) is 4. The number of rotatable bonds is 10. The minimum atomic E-state index is -0.616. The summed E-state index contributed by atoms with van der Waals surface area (Å²) in [6.07, 6.45) is 3.72. The van der Waals surface area contributed by atoms with Crippen molar-refractivity contribution in [3.63, 3.8) is 0 Å². The van der Waals surface area contributed by atoms with Gasteiger partial charge in [0.2, 0.25) is 0 Å². The number of hydrogen-bond donors (Lipinski definition) is 2. The van der Waals surface area contributed by atoms with Gasteiger partial charge < -0.3 is 15.2 Å². The highest BCUT2D eigenvalue weighted by Gasteiger charge is 2.11. The molecule has 140 valence electrons. The summed E-state index contributed by atoms with van der Waals surface area (Å²) in [6.45, 7) is 3.54. The Hall–Kier alpha value is -2.14. The first-order chi connectivity index (χ1) is 12.2. The van der Waals surface area contributed by atoms with Crippen molar-refractivity contribution < 1.29 is 14.6 Å². The van der Waals surface area contributed by atoms with E-state index in [1.807, 2.05) is 36.4 Å². The lowest BCUT2D eigenvalue weighted by molar-refractivity contribution is 0.0995. The number of ether oxygens (including phenoxy) is 1. The molecule has 1 unspecified atom stereocenters. The third-order valence-corrected chi connectivity index (χ3v) is 3.62. The predicted octanol–water partition coefficient (Wildman–Crippen LogP) is 3.74. The second-order valence-electron chi connectivity index (χ2n) is 5.77. The Balaban J connectivity index is 0.00000338. The summed E-state index contributed by atoms with van der Waals surface area (Å²) in [5, 5.41) is 13.1. The van der Waals surface area contributed by atoms with E-state index >= 15 is 0 Å². The van der Waals surface area contributed by atoms with Crippen LogP contribution in [0.1, 0.15) is 29.3 Å². The minimum Gasteiger partial charge on any atom is -0.490 e. The van der Waals surface area contributed by atoms with Gasteiger partial charge in [0.05, 0.1) is 5.56 Å². The summed E-state index contributed by atoms with van der Waals surface area (Å²) >= 11 is 0. The van der Waals surface area contributed by atoms with Crippen molar-refractivity contribution in [2.45, 2.75) is 19.4 Å². The van der Waals surface area contributed by atoms with Gasteiger partial charge in [0, 0.05) is 6.54 Å². The largest absolute Gasteiger partial charge is 0.490 e. The lowest BCUT2D eigenvalue weighted by atomic mass is 10.1. The van der Waals surface area contributed by atoms with Crippen LogP contribution >= 0.6 is 12.4 Å². The Morgan fingerprint density at radius 3 is 2.58 bits per heavy atom. The molecule has 0 spiro atoms. The zero-order valence-electron chi connectivity index (χ0n) is 14.9. The maximum Gasteiger partial charge on any atom is 0.189 e. The van der Waals surface area contributed by atoms with Gasteiger partial charge in [0.15, 0.2) is 5.78 Å². The fraction of sp³-hybridized carbons (Fsp3) is 0.286. The molecule has 2 aromatic rings. The molecule has 0 bridgehead atoms. The summed E-state index contributed by atoms with van der Waals surface area (Å²) in [7, 11) is 0. The molecule has 0 heterocycles. The van der Waals surface area contributed by atoms with Crippen LogP contribution in [0.2, 0.25) is 0 Å². The summed E-state index contributed by atoms with van der Waals surface area (Å²) in [6, 6.07) is 16.7. The van der Waals surface area contributed by atoms with Crippen LogP contribution < -0.4 is 10.1 Å². The highest BCUT2D eigenvalue weighted by atomic mass is 35.5. The van der Waals surface area contributed by atoms with Crippen molar-refractivity contribution in [1.82, 2.24) is 5.32 Å². The SMILES string of the molecule is CCCNCC(O)COc1ccccc1C(=O)/C=C/c1ccccc1.Cl. The predicted molar refractivity (Wildman–Crippen MR) is 108 cm³/mol. The van der Waals surface area contributed by atoms with Crippen LogP contribution in [0.3, 0.4) is 0 Å². The highest BCUT2D eigenvalue weighted by molar-refractivity contribution is 6.08. The van der Waals surface area contributed by atoms with Gasteiger partial charge in [-0.15, -0.1) is 12.4 Å². The number of ketones is 1. The molecule has 0 amide bonds. The van der Waals surface area contributed by atoms with Crippen LogP contribution in [0.5, 0.6) is 5.75 Å². The summed E-state index contributed by atoms with van der Waals surface area (Å²) in [5.74, 6) is 0.359. The van der Waals surface area contributed by atoms with E-state index in [1.165, 1.54) is 6.08 Å². The molecule has 1 atom stereocenters.